The minimum atomic E-state index is -0.275. The van der Waals surface area contributed by atoms with E-state index in [1.54, 1.807) is 23.6 Å². The third kappa shape index (κ3) is 4.51. The summed E-state index contributed by atoms with van der Waals surface area (Å²) in [6.45, 7) is 9.33. The fourth-order valence-corrected chi connectivity index (χ4v) is 2.70. The van der Waals surface area contributed by atoms with E-state index in [-0.39, 0.29) is 11.4 Å². The van der Waals surface area contributed by atoms with Gasteiger partial charge >= 0.3 is 0 Å². The van der Waals surface area contributed by atoms with Crippen LogP contribution in [-0.2, 0) is 13.1 Å². The van der Waals surface area contributed by atoms with Crippen LogP contribution < -0.4 is 10.6 Å². The molecule has 3 nitrogen and oxygen atoms in total. The Kier molecular flexibility index (Phi) is 4.96. The number of aromatic nitrogens is 1. The van der Waals surface area contributed by atoms with Crippen molar-refractivity contribution in [3.05, 3.63) is 45.5 Å². The molecule has 2 N–H and O–H groups in total. The van der Waals surface area contributed by atoms with Crippen molar-refractivity contribution in [3.8, 4) is 0 Å². The van der Waals surface area contributed by atoms with Crippen molar-refractivity contribution in [1.29, 1.82) is 0 Å². The second-order valence-electron chi connectivity index (χ2n) is 6.12. The third-order valence-corrected chi connectivity index (χ3v) is 4.19. The Morgan fingerprint density at radius 3 is 2.62 bits per heavy atom. The molecule has 2 rings (SSSR count). The number of pyridine rings is 1. The van der Waals surface area contributed by atoms with Gasteiger partial charge in [-0.2, -0.15) is 0 Å². The monoisotopic (exact) mass is 307 g/mol. The van der Waals surface area contributed by atoms with Crippen molar-refractivity contribution in [2.45, 2.75) is 46.3 Å². The van der Waals surface area contributed by atoms with E-state index in [0.29, 0.717) is 24.5 Å². The number of hydrogen-bond acceptors (Lipinski definition) is 4. The van der Waals surface area contributed by atoms with Crippen molar-refractivity contribution in [3.63, 3.8) is 0 Å². The van der Waals surface area contributed by atoms with E-state index in [1.807, 2.05) is 5.38 Å². The quantitative estimate of drug-likeness (QED) is 0.873. The molecule has 5 heteroatoms. The molecule has 0 aliphatic carbocycles. The molecule has 0 fully saturated rings. The standard InChI is InChI=1S/C16H22FN3S/c1-11-6-8-21-13(11)10-19-15-14(17)12(5-7-18-15)9-20-16(2,3)4/h5-8,20H,9-10H2,1-4H3,(H,18,19). The molecular weight excluding hydrogens is 285 g/mol. The van der Waals surface area contributed by atoms with Crippen molar-refractivity contribution in [2.75, 3.05) is 5.32 Å². The summed E-state index contributed by atoms with van der Waals surface area (Å²) in [7, 11) is 0. The average Bonchev–Trinajstić information content (AvgIpc) is 2.81. The van der Waals surface area contributed by atoms with Gasteiger partial charge < -0.3 is 10.6 Å². The Labute approximate surface area is 129 Å². The Morgan fingerprint density at radius 2 is 2.00 bits per heavy atom. The first-order valence-corrected chi connectivity index (χ1v) is 7.90. The minimum absolute atomic E-state index is 0.0443. The first kappa shape index (κ1) is 15.9. The zero-order valence-electron chi connectivity index (χ0n) is 13.0. The average molecular weight is 307 g/mol. The lowest BCUT2D eigenvalue weighted by Crippen LogP contribution is -2.35. The van der Waals surface area contributed by atoms with Gasteiger partial charge in [-0.15, -0.1) is 11.3 Å². The van der Waals surface area contributed by atoms with Crippen LogP contribution in [-0.4, -0.2) is 10.5 Å². The summed E-state index contributed by atoms with van der Waals surface area (Å²) in [4.78, 5) is 5.31. The van der Waals surface area contributed by atoms with E-state index in [0.717, 1.165) is 0 Å². The summed E-state index contributed by atoms with van der Waals surface area (Å²) >= 11 is 1.67. The molecule has 21 heavy (non-hydrogen) atoms. The molecule has 0 spiro atoms. The van der Waals surface area contributed by atoms with Crippen LogP contribution in [0.25, 0.3) is 0 Å². The topological polar surface area (TPSA) is 37.0 Å². The van der Waals surface area contributed by atoms with Crippen LogP contribution >= 0.6 is 11.3 Å². The summed E-state index contributed by atoms with van der Waals surface area (Å²) in [6, 6.07) is 3.78. The highest BCUT2D eigenvalue weighted by atomic mass is 32.1. The molecule has 0 aliphatic heterocycles. The van der Waals surface area contributed by atoms with Crippen LogP contribution in [0.2, 0.25) is 0 Å². The maximum Gasteiger partial charge on any atom is 0.169 e. The van der Waals surface area contributed by atoms with Crippen LogP contribution in [0.5, 0.6) is 0 Å². The summed E-state index contributed by atoms with van der Waals surface area (Å²) in [5, 5.41) is 8.42. The normalized spacial score (nSPS) is 11.7. The predicted octanol–water partition coefficient (Wildman–Crippen LogP) is 4.09. The molecule has 2 aromatic rings. The lowest BCUT2D eigenvalue weighted by atomic mass is 10.1. The van der Waals surface area contributed by atoms with E-state index in [4.69, 9.17) is 0 Å². The summed E-state index contributed by atoms with van der Waals surface area (Å²) in [6.07, 6.45) is 1.65. The third-order valence-electron chi connectivity index (χ3n) is 3.16. The van der Waals surface area contributed by atoms with Gasteiger partial charge in [0.25, 0.3) is 0 Å². The van der Waals surface area contributed by atoms with Crippen LogP contribution in [0.1, 0.15) is 36.8 Å². The number of nitrogens with one attached hydrogen (secondary N) is 2. The largest absolute Gasteiger partial charge is 0.363 e. The van der Waals surface area contributed by atoms with Crippen LogP contribution in [0.15, 0.2) is 23.7 Å². The molecule has 0 saturated heterocycles. The molecule has 2 aromatic heterocycles. The zero-order valence-corrected chi connectivity index (χ0v) is 13.8. The lowest BCUT2D eigenvalue weighted by molar-refractivity contribution is 0.418. The van der Waals surface area contributed by atoms with Gasteiger partial charge in [0.05, 0.1) is 6.54 Å². The Balaban J connectivity index is 2.05. The molecule has 0 saturated carbocycles. The number of rotatable bonds is 5. The lowest BCUT2D eigenvalue weighted by Gasteiger charge is -2.21. The van der Waals surface area contributed by atoms with Gasteiger partial charge in [-0.1, -0.05) is 0 Å². The van der Waals surface area contributed by atoms with Gasteiger partial charge in [0.15, 0.2) is 11.6 Å². The van der Waals surface area contributed by atoms with E-state index < -0.39 is 0 Å². The van der Waals surface area contributed by atoms with Crippen LogP contribution in [0.4, 0.5) is 10.2 Å². The van der Waals surface area contributed by atoms with Crippen LogP contribution in [0.3, 0.4) is 0 Å². The summed E-state index contributed by atoms with van der Waals surface area (Å²) in [5.74, 6) is 0.0412. The second kappa shape index (κ2) is 6.54. The maximum absolute atomic E-state index is 14.4. The first-order chi connectivity index (χ1) is 9.87. The van der Waals surface area contributed by atoms with E-state index >= 15 is 0 Å². The zero-order chi connectivity index (χ0) is 15.5. The molecule has 0 amide bonds. The number of nitrogens with zero attached hydrogens (tertiary/aromatic N) is 1. The van der Waals surface area contributed by atoms with Gasteiger partial charge in [-0.3, -0.25) is 0 Å². The molecule has 0 radical (unpaired) electrons. The number of halogens is 1. The van der Waals surface area contributed by atoms with Crippen molar-refractivity contribution in [2.24, 2.45) is 0 Å². The van der Waals surface area contributed by atoms with Gasteiger partial charge in [0.2, 0.25) is 0 Å². The SMILES string of the molecule is Cc1ccsc1CNc1nccc(CNC(C)(C)C)c1F. The molecule has 0 aromatic carbocycles. The first-order valence-electron chi connectivity index (χ1n) is 7.02. The number of anilines is 1. The second-order valence-corrected chi connectivity index (χ2v) is 7.12. The predicted molar refractivity (Wildman–Crippen MR) is 87.2 cm³/mol. The number of aryl methyl sites for hydroxylation is 1. The van der Waals surface area contributed by atoms with Crippen molar-refractivity contribution < 1.29 is 4.39 Å². The molecule has 2 heterocycles. The minimum Gasteiger partial charge on any atom is -0.363 e. The molecule has 0 unspecified atom stereocenters. The Hall–Kier alpha value is -1.46. The maximum atomic E-state index is 14.4. The summed E-state index contributed by atoms with van der Waals surface area (Å²) in [5.41, 5.74) is 1.81. The van der Waals surface area contributed by atoms with Crippen LogP contribution in [0, 0.1) is 12.7 Å². The molecule has 0 bridgehead atoms. The Morgan fingerprint density at radius 1 is 1.24 bits per heavy atom. The fraction of sp³-hybridized carbons (Fsp3) is 0.438. The van der Waals surface area contributed by atoms with E-state index in [2.05, 4.69) is 49.4 Å². The van der Waals surface area contributed by atoms with Gasteiger partial charge in [-0.05, 0) is 50.8 Å². The van der Waals surface area contributed by atoms with Gasteiger partial charge in [0, 0.05) is 28.7 Å². The number of hydrogen-bond donors (Lipinski definition) is 2. The smallest absolute Gasteiger partial charge is 0.169 e. The molecule has 0 aliphatic rings. The van der Waals surface area contributed by atoms with Gasteiger partial charge in [0.1, 0.15) is 0 Å². The highest BCUT2D eigenvalue weighted by Gasteiger charge is 2.13. The summed E-state index contributed by atoms with van der Waals surface area (Å²) < 4.78 is 14.4. The van der Waals surface area contributed by atoms with E-state index in [9.17, 15) is 4.39 Å². The highest BCUT2D eigenvalue weighted by Crippen LogP contribution is 2.20. The molecule has 0 atom stereocenters. The van der Waals surface area contributed by atoms with E-state index in [1.165, 1.54) is 10.4 Å². The van der Waals surface area contributed by atoms with Gasteiger partial charge in [-0.25, -0.2) is 9.37 Å². The molecule has 114 valence electrons. The fourth-order valence-electron chi connectivity index (χ4n) is 1.85. The number of thiophene rings is 1. The highest BCUT2D eigenvalue weighted by molar-refractivity contribution is 7.10. The van der Waals surface area contributed by atoms with Crippen molar-refractivity contribution in [1.82, 2.24) is 10.3 Å². The molecular formula is C16H22FN3S. The Bertz CT molecular complexity index is 602. The van der Waals surface area contributed by atoms with Crippen molar-refractivity contribution >= 4 is 17.2 Å².